The molecule has 98 valence electrons. The van der Waals surface area contributed by atoms with Crippen molar-refractivity contribution in [3.8, 4) is 0 Å². The van der Waals surface area contributed by atoms with Gasteiger partial charge >= 0.3 is 0 Å². The van der Waals surface area contributed by atoms with Crippen molar-refractivity contribution in [2.75, 3.05) is 19.6 Å². The molecule has 0 aromatic heterocycles. The molecule has 1 aromatic rings. The minimum Gasteiger partial charge on any atom is -0.313 e. The van der Waals surface area contributed by atoms with Crippen LogP contribution in [0.2, 0.25) is 0 Å². The molecule has 0 amide bonds. The maximum atomic E-state index is 3.52. The lowest BCUT2D eigenvalue weighted by atomic mass is 10.2. The normalized spacial score (nSPS) is 20.9. The number of halogens is 2. The van der Waals surface area contributed by atoms with E-state index < -0.39 is 0 Å². The fourth-order valence-electron chi connectivity index (χ4n) is 2.18. The van der Waals surface area contributed by atoms with Crippen molar-refractivity contribution in [2.24, 2.45) is 0 Å². The summed E-state index contributed by atoms with van der Waals surface area (Å²) >= 11 is 0. The average Bonchev–Trinajstić information content (AvgIpc) is 2.44. The van der Waals surface area contributed by atoms with Gasteiger partial charge in [0.05, 0.1) is 0 Å². The molecule has 1 atom stereocenters. The summed E-state index contributed by atoms with van der Waals surface area (Å²) in [6, 6.07) is 11.4. The summed E-state index contributed by atoms with van der Waals surface area (Å²) in [5.41, 5.74) is 1.42. The Morgan fingerprint density at radius 2 is 1.94 bits per heavy atom. The minimum atomic E-state index is 0. The number of hydrogen-bond acceptors (Lipinski definition) is 2. The second kappa shape index (κ2) is 8.76. The zero-order valence-corrected chi connectivity index (χ0v) is 11.9. The van der Waals surface area contributed by atoms with Gasteiger partial charge in [0.25, 0.3) is 0 Å². The van der Waals surface area contributed by atoms with Gasteiger partial charge in [0, 0.05) is 19.1 Å². The third-order valence-corrected chi connectivity index (χ3v) is 2.92. The first kappa shape index (κ1) is 16.7. The molecule has 2 rings (SSSR count). The summed E-state index contributed by atoms with van der Waals surface area (Å²) in [7, 11) is 0. The lowest BCUT2D eigenvalue weighted by Gasteiger charge is -2.22. The number of benzene rings is 1. The molecule has 1 aliphatic rings. The van der Waals surface area contributed by atoms with E-state index in [1.807, 2.05) is 0 Å². The van der Waals surface area contributed by atoms with E-state index in [0.29, 0.717) is 6.04 Å². The van der Waals surface area contributed by atoms with Gasteiger partial charge in [-0.2, -0.15) is 0 Å². The first-order valence-corrected chi connectivity index (χ1v) is 5.84. The van der Waals surface area contributed by atoms with Crippen LogP contribution in [0.15, 0.2) is 30.3 Å². The molecule has 4 heteroatoms. The molecule has 0 unspecified atom stereocenters. The van der Waals surface area contributed by atoms with Crippen molar-refractivity contribution < 1.29 is 0 Å². The summed E-state index contributed by atoms with van der Waals surface area (Å²) in [6.45, 7) is 6.89. The Balaban J connectivity index is 0.00000128. The van der Waals surface area contributed by atoms with Crippen molar-refractivity contribution in [3.05, 3.63) is 35.9 Å². The van der Waals surface area contributed by atoms with E-state index >= 15 is 0 Å². The van der Waals surface area contributed by atoms with Crippen LogP contribution in [0.3, 0.4) is 0 Å². The SMILES string of the molecule is C[C@@H]1CN(Cc2ccccc2)CCCN1.Cl.Cl. The van der Waals surface area contributed by atoms with Gasteiger partial charge in [-0.1, -0.05) is 30.3 Å². The molecule has 1 heterocycles. The van der Waals surface area contributed by atoms with Gasteiger partial charge in [-0.05, 0) is 32.0 Å². The number of rotatable bonds is 2. The topological polar surface area (TPSA) is 15.3 Å². The average molecular weight is 277 g/mol. The Morgan fingerprint density at radius 1 is 1.24 bits per heavy atom. The lowest BCUT2D eigenvalue weighted by Crippen LogP contribution is -2.34. The highest BCUT2D eigenvalue weighted by atomic mass is 35.5. The van der Waals surface area contributed by atoms with Crippen LogP contribution in [-0.4, -0.2) is 30.6 Å². The molecule has 0 saturated carbocycles. The Morgan fingerprint density at radius 3 is 2.65 bits per heavy atom. The van der Waals surface area contributed by atoms with E-state index in [1.165, 1.54) is 18.5 Å². The molecule has 0 bridgehead atoms. The van der Waals surface area contributed by atoms with Crippen LogP contribution in [0.4, 0.5) is 0 Å². The predicted octanol–water partition coefficient (Wildman–Crippen LogP) is 2.71. The van der Waals surface area contributed by atoms with Gasteiger partial charge in [-0.25, -0.2) is 0 Å². The molecule has 0 spiro atoms. The molecule has 17 heavy (non-hydrogen) atoms. The van der Waals surface area contributed by atoms with Gasteiger partial charge in [0.15, 0.2) is 0 Å². The second-order valence-corrected chi connectivity index (χ2v) is 4.43. The van der Waals surface area contributed by atoms with Crippen molar-refractivity contribution in [2.45, 2.75) is 25.9 Å². The smallest absolute Gasteiger partial charge is 0.0234 e. The third-order valence-electron chi connectivity index (χ3n) is 2.92. The summed E-state index contributed by atoms with van der Waals surface area (Å²) in [6.07, 6.45) is 1.26. The molecule has 1 saturated heterocycles. The highest BCUT2D eigenvalue weighted by Gasteiger charge is 2.13. The van der Waals surface area contributed by atoms with Crippen molar-refractivity contribution in [1.29, 1.82) is 0 Å². The van der Waals surface area contributed by atoms with E-state index in [4.69, 9.17) is 0 Å². The zero-order valence-electron chi connectivity index (χ0n) is 10.3. The van der Waals surface area contributed by atoms with Gasteiger partial charge in [-0.15, -0.1) is 24.8 Å². The highest BCUT2D eigenvalue weighted by molar-refractivity contribution is 5.85. The molecule has 1 N–H and O–H groups in total. The first-order valence-electron chi connectivity index (χ1n) is 5.84. The third kappa shape index (κ3) is 5.73. The molecule has 0 radical (unpaired) electrons. The molecule has 0 aliphatic carbocycles. The summed E-state index contributed by atoms with van der Waals surface area (Å²) in [5, 5.41) is 3.52. The number of hydrogen-bond donors (Lipinski definition) is 1. The zero-order chi connectivity index (χ0) is 10.5. The molecule has 2 nitrogen and oxygen atoms in total. The van der Waals surface area contributed by atoms with Crippen LogP contribution < -0.4 is 5.32 Å². The molecule has 1 aliphatic heterocycles. The van der Waals surface area contributed by atoms with Crippen molar-refractivity contribution in [1.82, 2.24) is 10.2 Å². The Bertz CT molecular complexity index is 293. The van der Waals surface area contributed by atoms with Crippen molar-refractivity contribution >= 4 is 24.8 Å². The predicted molar refractivity (Wildman–Crippen MR) is 78.3 cm³/mol. The Kier molecular flexibility index (Phi) is 8.61. The highest BCUT2D eigenvalue weighted by Crippen LogP contribution is 2.07. The van der Waals surface area contributed by atoms with Crippen LogP contribution >= 0.6 is 24.8 Å². The van der Waals surface area contributed by atoms with E-state index in [1.54, 1.807) is 0 Å². The number of nitrogens with zero attached hydrogens (tertiary/aromatic N) is 1. The standard InChI is InChI=1S/C13H20N2.2ClH/c1-12-10-15(9-5-8-14-12)11-13-6-3-2-4-7-13;;/h2-4,6-7,12,14H,5,8-11H2,1H3;2*1H/t12-;;/m1../s1. The number of nitrogens with one attached hydrogen (secondary N) is 1. The van der Waals surface area contributed by atoms with E-state index in [0.717, 1.165) is 19.6 Å². The Labute approximate surface area is 117 Å². The quantitative estimate of drug-likeness (QED) is 0.894. The monoisotopic (exact) mass is 276 g/mol. The molecular formula is C13H22Cl2N2. The fourth-order valence-corrected chi connectivity index (χ4v) is 2.18. The summed E-state index contributed by atoms with van der Waals surface area (Å²) in [5.74, 6) is 0. The maximum absolute atomic E-state index is 3.52. The summed E-state index contributed by atoms with van der Waals surface area (Å²) < 4.78 is 0. The fraction of sp³-hybridized carbons (Fsp3) is 0.538. The maximum Gasteiger partial charge on any atom is 0.0234 e. The van der Waals surface area contributed by atoms with Crippen LogP contribution in [0.5, 0.6) is 0 Å². The van der Waals surface area contributed by atoms with Crippen LogP contribution in [-0.2, 0) is 6.54 Å². The van der Waals surface area contributed by atoms with Gasteiger partial charge in [0.1, 0.15) is 0 Å². The van der Waals surface area contributed by atoms with Crippen LogP contribution in [0, 0.1) is 0 Å². The minimum absolute atomic E-state index is 0. The van der Waals surface area contributed by atoms with E-state index in [9.17, 15) is 0 Å². The van der Waals surface area contributed by atoms with Gasteiger partial charge < -0.3 is 5.32 Å². The van der Waals surface area contributed by atoms with Crippen molar-refractivity contribution in [3.63, 3.8) is 0 Å². The largest absolute Gasteiger partial charge is 0.313 e. The van der Waals surface area contributed by atoms with E-state index in [2.05, 4.69) is 47.5 Å². The van der Waals surface area contributed by atoms with Crippen LogP contribution in [0.1, 0.15) is 18.9 Å². The molecular weight excluding hydrogens is 255 g/mol. The second-order valence-electron chi connectivity index (χ2n) is 4.43. The first-order chi connectivity index (χ1) is 7.34. The van der Waals surface area contributed by atoms with Gasteiger partial charge in [-0.3, -0.25) is 4.90 Å². The summed E-state index contributed by atoms with van der Waals surface area (Å²) in [4.78, 5) is 2.54. The molecule has 1 fully saturated rings. The Hall–Kier alpha value is -0.280. The van der Waals surface area contributed by atoms with Gasteiger partial charge in [0.2, 0.25) is 0 Å². The van der Waals surface area contributed by atoms with E-state index in [-0.39, 0.29) is 24.8 Å². The van der Waals surface area contributed by atoms with Crippen LogP contribution in [0.25, 0.3) is 0 Å². The lowest BCUT2D eigenvalue weighted by molar-refractivity contribution is 0.265. The molecule has 1 aromatic carbocycles.